The third-order valence-electron chi connectivity index (χ3n) is 2.48. The van der Waals surface area contributed by atoms with Crippen LogP contribution in [-0.4, -0.2) is 62.1 Å². The lowest BCUT2D eigenvalue weighted by Crippen LogP contribution is -2.50. The number of methoxy groups -OCH3 is 2. The van der Waals surface area contributed by atoms with Crippen molar-refractivity contribution in [2.75, 3.05) is 27.3 Å². The van der Waals surface area contributed by atoms with E-state index >= 15 is 0 Å². The minimum atomic E-state index is -0.638. The van der Waals surface area contributed by atoms with Crippen molar-refractivity contribution in [3.05, 3.63) is 0 Å². The zero-order valence-electron chi connectivity index (χ0n) is 12.1. The summed E-state index contributed by atoms with van der Waals surface area (Å²) in [5.41, 5.74) is 0. The van der Waals surface area contributed by atoms with Gasteiger partial charge in [-0.15, -0.1) is 0 Å². The van der Waals surface area contributed by atoms with Crippen LogP contribution in [0, 0.1) is 0 Å². The number of esters is 2. The van der Waals surface area contributed by atoms with E-state index in [9.17, 15) is 14.4 Å². The highest BCUT2D eigenvalue weighted by Gasteiger charge is 2.26. The van der Waals surface area contributed by atoms with Gasteiger partial charge in [-0.1, -0.05) is 0 Å². The Morgan fingerprint density at radius 3 is 1.74 bits per heavy atom. The molecule has 0 saturated carbocycles. The van der Waals surface area contributed by atoms with Gasteiger partial charge in [0.15, 0.2) is 0 Å². The second-order valence-corrected chi connectivity index (χ2v) is 4.40. The Hall–Kier alpha value is -1.63. The first-order valence-corrected chi connectivity index (χ1v) is 5.99. The number of hydrogen-bond donors (Lipinski definition) is 1. The number of carbonyl (C=O) groups is 3. The van der Waals surface area contributed by atoms with E-state index in [4.69, 9.17) is 0 Å². The molecule has 0 aliphatic heterocycles. The highest BCUT2D eigenvalue weighted by molar-refractivity contribution is 5.83. The molecule has 1 atom stereocenters. The molecular weight excluding hydrogens is 252 g/mol. The van der Waals surface area contributed by atoms with Crippen molar-refractivity contribution >= 4 is 17.8 Å². The van der Waals surface area contributed by atoms with Crippen LogP contribution in [0.5, 0.6) is 0 Å². The van der Waals surface area contributed by atoms with E-state index in [-0.39, 0.29) is 25.0 Å². The smallest absolute Gasteiger partial charge is 0.319 e. The van der Waals surface area contributed by atoms with E-state index in [0.717, 1.165) is 0 Å². The van der Waals surface area contributed by atoms with Crippen molar-refractivity contribution in [3.63, 3.8) is 0 Å². The van der Waals surface area contributed by atoms with E-state index in [0.29, 0.717) is 0 Å². The molecule has 0 spiro atoms. The van der Waals surface area contributed by atoms with E-state index in [1.165, 1.54) is 19.1 Å². The summed E-state index contributed by atoms with van der Waals surface area (Å²) in [5.74, 6) is -1.30. The van der Waals surface area contributed by atoms with Gasteiger partial charge in [0.05, 0.1) is 33.4 Å². The van der Waals surface area contributed by atoms with Crippen molar-refractivity contribution in [1.82, 2.24) is 10.2 Å². The van der Waals surface area contributed by atoms with Crippen LogP contribution in [0.15, 0.2) is 0 Å². The lowest BCUT2D eigenvalue weighted by Gasteiger charge is -2.26. The lowest BCUT2D eigenvalue weighted by atomic mass is 10.2. The largest absolute Gasteiger partial charge is 0.468 e. The first kappa shape index (κ1) is 17.4. The normalized spacial score (nSPS) is 12.2. The third-order valence-corrected chi connectivity index (χ3v) is 2.48. The van der Waals surface area contributed by atoms with Crippen LogP contribution >= 0.6 is 0 Å². The summed E-state index contributed by atoms with van der Waals surface area (Å²) >= 11 is 0. The van der Waals surface area contributed by atoms with Crippen LogP contribution < -0.4 is 5.32 Å². The standard InChI is InChI=1S/C12H22N2O5/c1-8(2)13-12(17)9(3)14(6-10(15)18-4)7-11(16)19-5/h8-9H,6-7H2,1-5H3,(H,13,17). The molecule has 0 aromatic rings. The van der Waals surface area contributed by atoms with Crippen LogP contribution in [0.25, 0.3) is 0 Å². The lowest BCUT2D eigenvalue weighted by molar-refractivity contribution is -0.147. The predicted octanol–water partition coefficient (Wildman–Crippen LogP) is -0.452. The van der Waals surface area contributed by atoms with E-state index < -0.39 is 18.0 Å². The number of amides is 1. The fourth-order valence-corrected chi connectivity index (χ4v) is 1.36. The third kappa shape index (κ3) is 6.76. The molecule has 0 radical (unpaired) electrons. The average Bonchev–Trinajstić information content (AvgIpc) is 2.35. The maximum Gasteiger partial charge on any atom is 0.319 e. The molecule has 0 aliphatic rings. The molecular formula is C12H22N2O5. The number of rotatable bonds is 7. The first-order valence-electron chi connectivity index (χ1n) is 5.99. The van der Waals surface area contributed by atoms with Crippen molar-refractivity contribution in [3.8, 4) is 0 Å². The van der Waals surface area contributed by atoms with Gasteiger partial charge in [-0.3, -0.25) is 19.3 Å². The summed E-state index contributed by atoms with van der Waals surface area (Å²) in [5, 5.41) is 2.72. The summed E-state index contributed by atoms with van der Waals surface area (Å²) in [6.45, 7) is 4.96. The van der Waals surface area contributed by atoms with Gasteiger partial charge in [-0.05, 0) is 20.8 Å². The number of carbonyl (C=O) groups excluding carboxylic acids is 3. The van der Waals surface area contributed by atoms with Gasteiger partial charge in [0, 0.05) is 6.04 Å². The Kier molecular flexibility index (Phi) is 7.74. The minimum absolute atomic E-state index is 0.0203. The zero-order chi connectivity index (χ0) is 15.0. The van der Waals surface area contributed by atoms with Crippen molar-refractivity contribution in [1.29, 1.82) is 0 Å². The number of ether oxygens (including phenoxy) is 2. The van der Waals surface area contributed by atoms with Crippen LogP contribution in [0.3, 0.4) is 0 Å². The van der Waals surface area contributed by atoms with Crippen LogP contribution in [0.1, 0.15) is 20.8 Å². The van der Waals surface area contributed by atoms with Crippen LogP contribution in [0.4, 0.5) is 0 Å². The molecule has 19 heavy (non-hydrogen) atoms. The second-order valence-electron chi connectivity index (χ2n) is 4.40. The molecule has 0 fully saturated rings. The van der Waals surface area contributed by atoms with Crippen molar-refractivity contribution < 1.29 is 23.9 Å². The molecule has 0 aromatic heterocycles. The summed E-state index contributed by atoms with van der Waals surface area (Å²) in [6.07, 6.45) is 0. The van der Waals surface area contributed by atoms with Gasteiger partial charge in [-0.25, -0.2) is 0 Å². The molecule has 0 aromatic carbocycles. The topological polar surface area (TPSA) is 84.9 Å². The first-order chi connectivity index (χ1) is 8.81. The fraction of sp³-hybridized carbons (Fsp3) is 0.750. The Bertz CT molecular complexity index is 312. The Morgan fingerprint density at radius 2 is 1.42 bits per heavy atom. The quantitative estimate of drug-likeness (QED) is 0.633. The number of hydrogen-bond acceptors (Lipinski definition) is 6. The highest BCUT2D eigenvalue weighted by atomic mass is 16.5. The molecule has 110 valence electrons. The Morgan fingerprint density at radius 1 is 1.00 bits per heavy atom. The summed E-state index contributed by atoms with van der Waals surface area (Å²) in [4.78, 5) is 35.9. The predicted molar refractivity (Wildman–Crippen MR) is 68.3 cm³/mol. The maximum absolute atomic E-state index is 11.9. The summed E-state index contributed by atoms with van der Waals surface area (Å²) in [6, 6.07) is -0.659. The molecule has 0 heterocycles. The van der Waals surface area contributed by atoms with Crippen LogP contribution in [0.2, 0.25) is 0 Å². The molecule has 1 unspecified atom stereocenters. The van der Waals surface area contributed by atoms with Crippen molar-refractivity contribution in [2.24, 2.45) is 0 Å². The second kappa shape index (κ2) is 8.47. The maximum atomic E-state index is 11.9. The minimum Gasteiger partial charge on any atom is -0.468 e. The molecule has 0 aliphatic carbocycles. The van der Waals surface area contributed by atoms with Crippen LogP contribution in [-0.2, 0) is 23.9 Å². The zero-order valence-corrected chi connectivity index (χ0v) is 12.1. The molecule has 0 rings (SSSR count). The van der Waals surface area contributed by atoms with Gasteiger partial charge in [0.25, 0.3) is 0 Å². The fourth-order valence-electron chi connectivity index (χ4n) is 1.36. The number of nitrogens with one attached hydrogen (secondary N) is 1. The van der Waals surface area contributed by atoms with E-state index in [1.54, 1.807) is 6.92 Å². The average molecular weight is 274 g/mol. The van der Waals surface area contributed by atoms with Crippen molar-refractivity contribution in [2.45, 2.75) is 32.9 Å². The van der Waals surface area contributed by atoms with E-state index in [1.807, 2.05) is 13.8 Å². The Balaban J connectivity index is 4.74. The molecule has 1 amide bonds. The van der Waals surface area contributed by atoms with Gasteiger partial charge >= 0.3 is 11.9 Å². The SMILES string of the molecule is COC(=O)CN(CC(=O)OC)C(C)C(=O)NC(C)C. The van der Waals surface area contributed by atoms with Gasteiger partial charge in [0.2, 0.25) is 5.91 Å². The van der Waals surface area contributed by atoms with Gasteiger partial charge < -0.3 is 14.8 Å². The van der Waals surface area contributed by atoms with Gasteiger partial charge in [0.1, 0.15) is 0 Å². The molecule has 0 bridgehead atoms. The molecule has 0 saturated heterocycles. The molecule has 1 N–H and O–H groups in total. The van der Waals surface area contributed by atoms with Gasteiger partial charge in [-0.2, -0.15) is 0 Å². The number of nitrogens with zero attached hydrogens (tertiary/aromatic N) is 1. The monoisotopic (exact) mass is 274 g/mol. The Labute approximate surface area is 113 Å². The van der Waals surface area contributed by atoms with E-state index in [2.05, 4.69) is 14.8 Å². The summed E-state index contributed by atoms with van der Waals surface area (Å²) in [7, 11) is 2.50. The highest BCUT2D eigenvalue weighted by Crippen LogP contribution is 2.01. The summed E-state index contributed by atoms with van der Waals surface area (Å²) < 4.78 is 9.08. The molecule has 7 nitrogen and oxygen atoms in total. The molecule has 7 heteroatoms.